The van der Waals surface area contributed by atoms with Crippen LogP contribution < -0.4 is 0 Å². The van der Waals surface area contributed by atoms with E-state index in [1.807, 2.05) is 6.92 Å². The van der Waals surface area contributed by atoms with Crippen LogP contribution in [0.5, 0.6) is 0 Å². The molecule has 1 unspecified atom stereocenters. The van der Waals surface area contributed by atoms with Crippen LogP contribution in [0.3, 0.4) is 0 Å². The Bertz CT molecular complexity index is 543. The molecule has 134 valence electrons. The number of amides is 1. The van der Waals surface area contributed by atoms with Gasteiger partial charge in [-0.3, -0.25) is 9.59 Å². The molecule has 0 aromatic heterocycles. The lowest BCUT2D eigenvalue weighted by Crippen LogP contribution is -2.37. The Morgan fingerprint density at radius 2 is 1.75 bits per heavy atom. The van der Waals surface area contributed by atoms with E-state index in [4.69, 9.17) is 4.74 Å². The molecule has 4 heteroatoms. The number of esters is 1. The van der Waals surface area contributed by atoms with Crippen molar-refractivity contribution in [3.63, 3.8) is 0 Å². The van der Waals surface area contributed by atoms with Crippen LogP contribution in [0.1, 0.15) is 52.2 Å². The van der Waals surface area contributed by atoms with Gasteiger partial charge < -0.3 is 9.64 Å². The average molecular weight is 333 g/mol. The number of nitrogens with zero attached hydrogens (tertiary/aromatic N) is 1. The van der Waals surface area contributed by atoms with E-state index in [1.54, 1.807) is 11.8 Å². The van der Waals surface area contributed by atoms with Crippen LogP contribution in [0, 0.1) is 5.92 Å². The Kier molecular flexibility index (Phi) is 7.46. The van der Waals surface area contributed by atoms with Crippen molar-refractivity contribution in [1.82, 2.24) is 4.90 Å². The summed E-state index contributed by atoms with van der Waals surface area (Å²) in [5.41, 5.74) is 2.59. The van der Waals surface area contributed by atoms with Crippen molar-refractivity contribution in [2.45, 2.75) is 52.9 Å². The third-order valence-electron chi connectivity index (χ3n) is 4.28. The van der Waals surface area contributed by atoms with Gasteiger partial charge in [0.15, 0.2) is 0 Å². The zero-order valence-corrected chi connectivity index (χ0v) is 15.9. The third kappa shape index (κ3) is 5.99. The van der Waals surface area contributed by atoms with Crippen LogP contribution in [0.15, 0.2) is 24.3 Å². The summed E-state index contributed by atoms with van der Waals surface area (Å²) in [4.78, 5) is 25.6. The van der Waals surface area contributed by atoms with E-state index in [0.717, 1.165) is 5.56 Å². The van der Waals surface area contributed by atoms with Crippen molar-refractivity contribution in [3.8, 4) is 0 Å². The van der Waals surface area contributed by atoms with Gasteiger partial charge in [0.25, 0.3) is 0 Å². The van der Waals surface area contributed by atoms with Gasteiger partial charge in [-0.1, -0.05) is 52.0 Å². The molecular formula is C20H31NO3. The van der Waals surface area contributed by atoms with E-state index >= 15 is 0 Å². The van der Waals surface area contributed by atoms with E-state index in [0.29, 0.717) is 25.9 Å². The van der Waals surface area contributed by atoms with Crippen molar-refractivity contribution in [2.75, 3.05) is 20.2 Å². The molecule has 0 heterocycles. The minimum atomic E-state index is -0.301. The molecule has 0 N–H and O–H groups in total. The van der Waals surface area contributed by atoms with E-state index in [-0.39, 0.29) is 23.2 Å². The molecule has 24 heavy (non-hydrogen) atoms. The van der Waals surface area contributed by atoms with Crippen LogP contribution in [-0.4, -0.2) is 37.0 Å². The van der Waals surface area contributed by atoms with Crippen molar-refractivity contribution >= 4 is 11.9 Å². The Balaban J connectivity index is 2.58. The number of benzene rings is 1. The molecular weight excluding hydrogens is 302 g/mol. The summed E-state index contributed by atoms with van der Waals surface area (Å²) in [7, 11) is 1.37. The maximum atomic E-state index is 12.4. The van der Waals surface area contributed by atoms with Gasteiger partial charge in [0.1, 0.15) is 0 Å². The first kappa shape index (κ1) is 20.2. The standard InChI is InChI=1S/C20H31NO3/c1-7-21(14-15(2)19(23)24-6)18(22)13-10-16-8-11-17(12-9-16)20(3,4)5/h8-9,11-12,15H,7,10,13-14H2,1-6H3. The first-order chi connectivity index (χ1) is 11.2. The maximum absolute atomic E-state index is 12.4. The molecule has 1 aromatic rings. The van der Waals surface area contributed by atoms with Crippen LogP contribution in [0.25, 0.3) is 0 Å². The van der Waals surface area contributed by atoms with Gasteiger partial charge in [-0.15, -0.1) is 0 Å². The lowest BCUT2D eigenvalue weighted by atomic mass is 9.86. The molecule has 0 aliphatic rings. The Morgan fingerprint density at radius 3 is 2.21 bits per heavy atom. The van der Waals surface area contributed by atoms with Crippen molar-refractivity contribution < 1.29 is 14.3 Å². The molecule has 0 aliphatic carbocycles. The molecule has 0 spiro atoms. The lowest BCUT2D eigenvalue weighted by Gasteiger charge is -2.23. The molecule has 1 aromatic carbocycles. The highest BCUT2D eigenvalue weighted by Crippen LogP contribution is 2.22. The van der Waals surface area contributed by atoms with Crippen LogP contribution >= 0.6 is 0 Å². The van der Waals surface area contributed by atoms with Gasteiger partial charge in [0.05, 0.1) is 13.0 Å². The van der Waals surface area contributed by atoms with E-state index in [1.165, 1.54) is 12.7 Å². The molecule has 1 amide bonds. The molecule has 0 radical (unpaired) electrons. The van der Waals surface area contributed by atoms with Gasteiger partial charge in [0, 0.05) is 19.5 Å². The summed E-state index contributed by atoms with van der Waals surface area (Å²) in [6.45, 7) is 11.3. The normalized spacial score (nSPS) is 12.6. The fraction of sp³-hybridized carbons (Fsp3) is 0.600. The molecule has 4 nitrogen and oxygen atoms in total. The third-order valence-corrected chi connectivity index (χ3v) is 4.28. The zero-order chi connectivity index (χ0) is 18.3. The fourth-order valence-corrected chi connectivity index (χ4v) is 2.59. The summed E-state index contributed by atoms with van der Waals surface area (Å²) in [5, 5.41) is 0. The second-order valence-electron chi connectivity index (χ2n) is 7.30. The zero-order valence-electron chi connectivity index (χ0n) is 15.9. The smallest absolute Gasteiger partial charge is 0.310 e. The number of hydrogen-bond acceptors (Lipinski definition) is 3. The molecule has 0 fully saturated rings. The topological polar surface area (TPSA) is 46.6 Å². The van der Waals surface area contributed by atoms with Crippen molar-refractivity contribution in [2.24, 2.45) is 5.92 Å². The predicted molar refractivity (Wildman–Crippen MR) is 96.9 cm³/mol. The van der Waals surface area contributed by atoms with Crippen LogP contribution in [0.4, 0.5) is 0 Å². The van der Waals surface area contributed by atoms with Gasteiger partial charge >= 0.3 is 5.97 Å². The molecule has 0 saturated carbocycles. The van der Waals surface area contributed by atoms with Crippen molar-refractivity contribution in [3.05, 3.63) is 35.4 Å². The van der Waals surface area contributed by atoms with Crippen LogP contribution in [0.2, 0.25) is 0 Å². The maximum Gasteiger partial charge on any atom is 0.310 e. The highest BCUT2D eigenvalue weighted by molar-refractivity contribution is 5.78. The fourth-order valence-electron chi connectivity index (χ4n) is 2.59. The first-order valence-electron chi connectivity index (χ1n) is 8.64. The molecule has 1 atom stereocenters. The lowest BCUT2D eigenvalue weighted by molar-refractivity contribution is -0.146. The summed E-state index contributed by atoms with van der Waals surface area (Å²) in [6.07, 6.45) is 1.17. The Morgan fingerprint density at radius 1 is 1.17 bits per heavy atom. The predicted octanol–water partition coefficient (Wildman–Crippen LogP) is 3.57. The Labute approximate surface area is 146 Å². The van der Waals surface area contributed by atoms with E-state index < -0.39 is 0 Å². The minimum absolute atomic E-state index is 0.0770. The number of aryl methyl sites for hydroxylation is 1. The molecule has 1 rings (SSSR count). The molecule has 0 bridgehead atoms. The van der Waals surface area contributed by atoms with E-state index in [9.17, 15) is 9.59 Å². The van der Waals surface area contributed by atoms with Gasteiger partial charge in [-0.2, -0.15) is 0 Å². The number of methoxy groups -OCH3 is 1. The van der Waals surface area contributed by atoms with Gasteiger partial charge in [-0.05, 0) is 29.9 Å². The van der Waals surface area contributed by atoms with E-state index in [2.05, 4.69) is 45.0 Å². The number of carbonyl (C=O) groups excluding carboxylic acids is 2. The van der Waals surface area contributed by atoms with Crippen molar-refractivity contribution in [1.29, 1.82) is 0 Å². The van der Waals surface area contributed by atoms with Gasteiger partial charge in [-0.25, -0.2) is 0 Å². The largest absolute Gasteiger partial charge is 0.469 e. The number of carbonyl (C=O) groups is 2. The van der Waals surface area contributed by atoms with Gasteiger partial charge in [0.2, 0.25) is 5.91 Å². The summed E-state index contributed by atoms with van der Waals surface area (Å²) >= 11 is 0. The number of rotatable bonds is 7. The molecule has 0 aliphatic heterocycles. The number of ether oxygens (including phenoxy) is 1. The Hall–Kier alpha value is -1.84. The second-order valence-corrected chi connectivity index (χ2v) is 7.30. The highest BCUT2D eigenvalue weighted by atomic mass is 16.5. The second kappa shape index (κ2) is 8.86. The summed E-state index contributed by atoms with van der Waals surface area (Å²) in [5.74, 6) is -0.503. The van der Waals surface area contributed by atoms with Crippen LogP contribution in [-0.2, 0) is 26.2 Å². The number of hydrogen-bond donors (Lipinski definition) is 0. The highest BCUT2D eigenvalue weighted by Gasteiger charge is 2.20. The SMILES string of the molecule is CCN(CC(C)C(=O)OC)C(=O)CCc1ccc(C(C)(C)C)cc1. The average Bonchev–Trinajstić information content (AvgIpc) is 2.56. The minimum Gasteiger partial charge on any atom is -0.469 e. The molecule has 0 saturated heterocycles. The quantitative estimate of drug-likeness (QED) is 0.717. The first-order valence-corrected chi connectivity index (χ1v) is 8.64. The summed E-state index contributed by atoms with van der Waals surface area (Å²) < 4.78 is 4.73. The summed E-state index contributed by atoms with van der Waals surface area (Å²) in [6, 6.07) is 8.47. The monoisotopic (exact) mass is 333 g/mol.